The normalized spacial score (nSPS) is 23.3. The van der Waals surface area contributed by atoms with E-state index < -0.39 is 5.60 Å². The molecule has 3 heterocycles. The standard InChI is InChI=1S/C32H41ClN6O4/c1-21-15-36(31(41)43-32(4,5)6)16-22(2)37(21)17-27-18-39(35-34-27)28-12-8-10-25(14-28)30(40)38-19-29(42-20-23(38)3)24-9-7-11-26(33)13-24/h7-14,18,21-23,29H,15-17,19-20H2,1-6H3/t21-,22+,23?,29?. The number of morpholine rings is 1. The van der Waals surface area contributed by atoms with Gasteiger partial charge in [-0.3, -0.25) is 9.69 Å². The van der Waals surface area contributed by atoms with E-state index in [1.54, 1.807) is 9.58 Å². The first kappa shape index (κ1) is 31.0. The fraction of sp³-hybridized carbons (Fsp3) is 0.500. The molecule has 4 atom stereocenters. The average molecular weight is 609 g/mol. The van der Waals surface area contributed by atoms with Crippen LogP contribution in [0.4, 0.5) is 4.79 Å². The van der Waals surface area contributed by atoms with Crippen LogP contribution in [0.2, 0.25) is 5.02 Å². The van der Waals surface area contributed by atoms with Gasteiger partial charge in [-0.05, 0) is 77.4 Å². The molecule has 5 rings (SSSR count). The predicted molar refractivity (Wildman–Crippen MR) is 164 cm³/mol. The number of rotatable bonds is 5. The maximum absolute atomic E-state index is 13.7. The fourth-order valence-corrected chi connectivity index (χ4v) is 5.92. The Hall–Kier alpha value is -3.47. The van der Waals surface area contributed by atoms with Gasteiger partial charge in [-0.2, -0.15) is 0 Å². The van der Waals surface area contributed by atoms with Crippen molar-refractivity contribution >= 4 is 23.6 Å². The number of benzene rings is 2. The third-order valence-corrected chi connectivity index (χ3v) is 8.15. The van der Waals surface area contributed by atoms with Crippen molar-refractivity contribution in [3.05, 3.63) is 76.6 Å². The molecular weight excluding hydrogens is 568 g/mol. The third kappa shape index (κ3) is 7.37. The average Bonchev–Trinajstić information content (AvgIpc) is 3.43. The summed E-state index contributed by atoms with van der Waals surface area (Å²) in [5, 5.41) is 9.44. The van der Waals surface area contributed by atoms with Crippen molar-refractivity contribution in [1.29, 1.82) is 0 Å². The molecule has 0 aliphatic carbocycles. The number of aromatic nitrogens is 3. The van der Waals surface area contributed by atoms with Crippen molar-refractivity contribution in [2.45, 2.75) is 77.9 Å². The number of nitrogens with zero attached hydrogens (tertiary/aromatic N) is 6. The van der Waals surface area contributed by atoms with Crippen LogP contribution < -0.4 is 0 Å². The van der Waals surface area contributed by atoms with Gasteiger partial charge in [0, 0.05) is 42.3 Å². The lowest BCUT2D eigenvalue weighted by molar-refractivity contribution is -0.0486. The van der Waals surface area contributed by atoms with E-state index in [1.165, 1.54) is 0 Å². The quantitative estimate of drug-likeness (QED) is 0.385. The van der Waals surface area contributed by atoms with Gasteiger partial charge in [-0.15, -0.1) is 5.10 Å². The fourth-order valence-electron chi connectivity index (χ4n) is 5.72. The summed E-state index contributed by atoms with van der Waals surface area (Å²) in [5.74, 6) is -0.0597. The van der Waals surface area contributed by atoms with Gasteiger partial charge in [0.15, 0.2) is 0 Å². The Kier molecular flexibility index (Phi) is 9.10. The van der Waals surface area contributed by atoms with Crippen molar-refractivity contribution in [1.82, 2.24) is 29.7 Å². The van der Waals surface area contributed by atoms with Gasteiger partial charge in [0.25, 0.3) is 5.91 Å². The van der Waals surface area contributed by atoms with Crippen LogP contribution in [0.3, 0.4) is 0 Å². The van der Waals surface area contributed by atoms with Crippen molar-refractivity contribution in [2.24, 2.45) is 0 Å². The van der Waals surface area contributed by atoms with Gasteiger partial charge in [0.05, 0.1) is 36.8 Å². The molecule has 2 aliphatic rings. The molecule has 0 saturated carbocycles. The second-order valence-electron chi connectivity index (χ2n) is 12.6. The lowest BCUT2D eigenvalue weighted by Gasteiger charge is -2.44. The summed E-state index contributed by atoms with van der Waals surface area (Å²) in [5.41, 5.74) is 2.57. The van der Waals surface area contributed by atoms with Crippen molar-refractivity contribution in [3.63, 3.8) is 0 Å². The van der Waals surface area contributed by atoms with Crippen LogP contribution in [-0.4, -0.2) is 91.7 Å². The van der Waals surface area contributed by atoms with E-state index in [-0.39, 0.29) is 36.2 Å². The Morgan fingerprint density at radius 1 is 1.00 bits per heavy atom. The van der Waals surface area contributed by atoms with Crippen LogP contribution in [-0.2, 0) is 16.0 Å². The van der Waals surface area contributed by atoms with Crippen LogP contribution in [0.15, 0.2) is 54.7 Å². The molecule has 2 fully saturated rings. The van der Waals surface area contributed by atoms with Crippen LogP contribution >= 0.6 is 11.6 Å². The van der Waals surface area contributed by atoms with Gasteiger partial charge in [0.2, 0.25) is 0 Å². The molecular formula is C32H41ClN6O4. The number of amides is 2. The Bertz CT molecular complexity index is 1440. The van der Waals surface area contributed by atoms with Crippen LogP contribution in [0, 0.1) is 0 Å². The molecule has 11 heteroatoms. The monoisotopic (exact) mass is 608 g/mol. The number of ether oxygens (including phenoxy) is 2. The second kappa shape index (κ2) is 12.6. The summed E-state index contributed by atoms with van der Waals surface area (Å²) in [4.78, 5) is 32.3. The molecule has 0 spiro atoms. The first-order valence-corrected chi connectivity index (χ1v) is 15.2. The number of hydrogen-bond donors (Lipinski definition) is 0. The summed E-state index contributed by atoms with van der Waals surface area (Å²) < 4.78 is 13.3. The number of carbonyl (C=O) groups excluding carboxylic acids is 2. The van der Waals surface area contributed by atoms with Gasteiger partial charge in [-0.25, -0.2) is 9.48 Å². The molecule has 230 valence electrons. The van der Waals surface area contributed by atoms with E-state index in [0.717, 1.165) is 16.9 Å². The summed E-state index contributed by atoms with van der Waals surface area (Å²) in [6.07, 6.45) is 1.38. The molecule has 3 aromatic rings. The molecule has 0 radical (unpaired) electrons. The molecule has 2 unspecified atom stereocenters. The first-order chi connectivity index (χ1) is 20.4. The van der Waals surface area contributed by atoms with E-state index in [9.17, 15) is 9.59 Å². The summed E-state index contributed by atoms with van der Waals surface area (Å²) in [6.45, 7) is 14.5. The molecule has 2 saturated heterocycles. The maximum Gasteiger partial charge on any atom is 0.410 e. The second-order valence-corrected chi connectivity index (χ2v) is 13.1. The molecule has 0 N–H and O–H groups in total. The van der Waals surface area contributed by atoms with E-state index in [0.29, 0.717) is 43.4 Å². The molecule has 1 aromatic heterocycles. The van der Waals surface area contributed by atoms with Crippen molar-refractivity contribution < 1.29 is 19.1 Å². The predicted octanol–water partition coefficient (Wildman–Crippen LogP) is 5.35. The van der Waals surface area contributed by atoms with E-state index in [2.05, 4.69) is 29.1 Å². The molecule has 2 aliphatic heterocycles. The van der Waals surface area contributed by atoms with Crippen LogP contribution in [0.1, 0.15) is 69.3 Å². The minimum absolute atomic E-state index is 0.0597. The minimum atomic E-state index is -0.527. The zero-order chi connectivity index (χ0) is 30.9. The largest absolute Gasteiger partial charge is 0.444 e. The summed E-state index contributed by atoms with van der Waals surface area (Å²) >= 11 is 6.20. The third-order valence-electron chi connectivity index (χ3n) is 7.91. The van der Waals surface area contributed by atoms with Gasteiger partial charge in [-0.1, -0.05) is 35.0 Å². The highest BCUT2D eigenvalue weighted by Crippen LogP contribution is 2.28. The van der Waals surface area contributed by atoms with E-state index in [4.69, 9.17) is 21.1 Å². The van der Waals surface area contributed by atoms with Gasteiger partial charge < -0.3 is 19.3 Å². The molecule has 2 amide bonds. The summed E-state index contributed by atoms with van der Waals surface area (Å²) in [6, 6.07) is 15.2. The molecule has 43 heavy (non-hydrogen) atoms. The highest BCUT2D eigenvalue weighted by atomic mass is 35.5. The Morgan fingerprint density at radius 2 is 1.72 bits per heavy atom. The number of piperazine rings is 1. The number of hydrogen-bond acceptors (Lipinski definition) is 7. The SMILES string of the molecule is CC1COC(c2cccc(Cl)c2)CN1C(=O)c1cccc(-n2cc(CN3[C@H](C)CN(C(=O)OC(C)(C)C)C[C@@H]3C)nn2)c1. The maximum atomic E-state index is 13.7. The zero-order valence-electron chi connectivity index (χ0n) is 25.7. The lowest BCUT2D eigenvalue weighted by Crippen LogP contribution is -2.58. The van der Waals surface area contributed by atoms with Crippen molar-refractivity contribution in [3.8, 4) is 5.69 Å². The number of halogens is 1. The Morgan fingerprint density at radius 3 is 2.42 bits per heavy atom. The van der Waals surface area contributed by atoms with Gasteiger partial charge >= 0.3 is 6.09 Å². The Balaban J connectivity index is 1.25. The lowest BCUT2D eigenvalue weighted by atomic mass is 10.0. The van der Waals surface area contributed by atoms with E-state index in [1.807, 2.05) is 87.3 Å². The Labute approximate surface area is 258 Å². The highest BCUT2D eigenvalue weighted by Gasteiger charge is 2.35. The highest BCUT2D eigenvalue weighted by molar-refractivity contribution is 6.30. The van der Waals surface area contributed by atoms with E-state index >= 15 is 0 Å². The summed E-state index contributed by atoms with van der Waals surface area (Å²) in [7, 11) is 0. The van der Waals surface area contributed by atoms with Crippen LogP contribution in [0.5, 0.6) is 0 Å². The molecule has 2 aromatic carbocycles. The van der Waals surface area contributed by atoms with Crippen molar-refractivity contribution in [2.75, 3.05) is 26.2 Å². The number of carbonyl (C=O) groups is 2. The first-order valence-electron chi connectivity index (χ1n) is 14.8. The topological polar surface area (TPSA) is 93.0 Å². The molecule has 10 nitrogen and oxygen atoms in total. The minimum Gasteiger partial charge on any atom is -0.444 e. The van der Waals surface area contributed by atoms with Gasteiger partial charge in [0.1, 0.15) is 11.7 Å². The molecule has 0 bridgehead atoms. The van der Waals surface area contributed by atoms with Crippen LogP contribution in [0.25, 0.3) is 5.69 Å². The zero-order valence-corrected chi connectivity index (χ0v) is 26.5. The smallest absolute Gasteiger partial charge is 0.410 e.